The number of likely N-dealkylation sites (N-methyl/N-ethyl adjacent to an activating group) is 1. The molecule has 1 saturated heterocycles. The topological polar surface area (TPSA) is 15.3 Å². The normalized spacial score (nSPS) is 38.2. The third-order valence-corrected chi connectivity index (χ3v) is 5.31. The molecule has 1 N–H and O–H groups in total. The Bertz CT molecular complexity index is 241. The van der Waals surface area contributed by atoms with Crippen molar-refractivity contribution >= 4 is 0 Å². The predicted octanol–water partition coefficient (Wildman–Crippen LogP) is 3.42. The van der Waals surface area contributed by atoms with E-state index in [-0.39, 0.29) is 0 Å². The minimum atomic E-state index is 0.741. The van der Waals surface area contributed by atoms with E-state index < -0.39 is 0 Å². The van der Waals surface area contributed by atoms with Gasteiger partial charge in [0.15, 0.2) is 0 Å². The van der Waals surface area contributed by atoms with Crippen molar-refractivity contribution in [3.8, 4) is 0 Å². The quantitative estimate of drug-likeness (QED) is 0.806. The summed E-state index contributed by atoms with van der Waals surface area (Å²) in [6.07, 6.45) is 11.3. The maximum Gasteiger partial charge on any atom is 0.0254 e. The van der Waals surface area contributed by atoms with Crippen LogP contribution in [0.15, 0.2) is 0 Å². The van der Waals surface area contributed by atoms with E-state index in [1.807, 2.05) is 0 Å². The van der Waals surface area contributed by atoms with E-state index in [1.165, 1.54) is 57.9 Å². The van der Waals surface area contributed by atoms with Gasteiger partial charge in [-0.3, -0.25) is 4.90 Å². The summed E-state index contributed by atoms with van der Waals surface area (Å²) in [5, 5.41) is 3.60. The van der Waals surface area contributed by atoms with Crippen LogP contribution in [-0.2, 0) is 0 Å². The van der Waals surface area contributed by atoms with Crippen molar-refractivity contribution in [3.05, 3.63) is 0 Å². The number of hydrogen-bond acceptors (Lipinski definition) is 2. The van der Waals surface area contributed by atoms with Gasteiger partial charge in [0.25, 0.3) is 0 Å². The molecular weight excluding hydrogens is 220 g/mol. The second-order valence-electron chi connectivity index (χ2n) is 6.37. The van der Waals surface area contributed by atoms with Crippen LogP contribution >= 0.6 is 0 Å². The lowest BCUT2D eigenvalue weighted by atomic mass is 9.79. The molecular formula is C16H32N2. The molecule has 0 aromatic rings. The van der Waals surface area contributed by atoms with Crippen LogP contribution in [0, 0.1) is 5.92 Å². The highest BCUT2D eigenvalue weighted by molar-refractivity contribution is 4.94. The van der Waals surface area contributed by atoms with Crippen molar-refractivity contribution in [1.82, 2.24) is 10.2 Å². The molecule has 2 rings (SSSR count). The Hall–Kier alpha value is -0.0800. The zero-order chi connectivity index (χ0) is 13.0. The van der Waals surface area contributed by atoms with E-state index >= 15 is 0 Å². The lowest BCUT2D eigenvalue weighted by molar-refractivity contribution is 0.0849. The molecule has 18 heavy (non-hydrogen) atoms. The Morgan fingerprint density at radius 1 is 1.17 bits per heavy atom. The summed E-state index contributed by atoms with van der Waals surface area (Å²) in [5.74, 6) is 0.989. The first-order valence-electron chi connectivity index (χ1n) is 8.23. The van der Waals surface area contributed by atoms with Crippen LogP contribution in [0.25, 0.3) is 0 Å². The zero-order valence-corrected chi connectivity index (χ0v) is 12.6. The highest BCUT2D eigenvalue weighted by atomic mass is 15.2. The van der Waals surface area contributed by atoms with Gasteiger partial charge in [0.2, 0.25) is 0 Å². The van der Waals surface area contributed by atoms with Gasteiger partial charge in [0.1, 0.15) is 0 Å². The fraction of sp³-hybridized carbons (Fsp3) is 1.00. The van der Waals surface area contributed by atoms with Crippen LogP contribution < -0.4 is 5.32 Å². The highest BCUT2D eigenvalue weighted by Gasteiger charge is 2.37. The largest absolute Gasteiger partial charge is 0.315 e. The van der Waals surface area contributed by atoms with Crippen molar-refractivity contribution in [2.75, 3.05) is 13.6 Å². The first-order chi connectivity index (χ1) is 8.80. The van der Waals surface area contributed by atoms with Gasteiger partial charge in [-0.25, -0.2) is 0 Å². The Morgan fingerprint density at radius 2 is 2.00 bits per heavy atom. The fourth-order valence-corrected chi connectivity index (χ4v) is 4.34. The molecule has 2 fully saturated rings. The predicted molar refractivity (Wildman–Crippen MR) is 78.9 cm³/mol. The van der Waals surface area contributed by atoms with Gasteiger partial charge in [-0.1, -0.05) is 26.7 Å². The van der Waals surface area contributed by atoms with Crippen molar-refractivity contribution < 1.29 is 0 Å². The van der Waals surface area contributed by atoms with E-state index in [0.29, 0.717) is 0 Å². The van der Waals surface area contributed by atoms with Crippen LogP contribution in [0.3, 0.4) is 0 Å². The van der Waals surface area contributed by atoms with Crippen molar-refractivity contribution in [2.24, 2.45) is 5.92 Å². The average Bonchev–Trinajstić information content (AvgIpc) is 2.87. The summed E-state index contributed by atoms with van der Waals surface area (Å²) in [6.45, 7) is 6.05. The highest BCUT2D eigenvalue weighted by Crippen LogP contribution is 2.35. The first kappa shape index (κ1) is 14.3. The summed E-state index contributed by atoms with van der Waals surface area (Å²) < 4.78 is 0. The SMILES string of the molecule is CCCC1CCC(NC)C(N2CCCC2CC)C1. The smallest absolute Gasteiger partial charge is 0.0254 e. The molecule has 106 valence electrons. The third-order valence-electron chi connectivity index (χ3n) is 5.31. The molecule has 1 aliphatic heterocycles. The van der Waals surface area contributed by atoms with E-state index in [1.54, 1.807) is 0 Å². The van der Waals surface area contributed by atoms with Crippen LogP contribution in [0.1, 0.15) is 65.2 Å². The molecule has 0 aromatic heterocycles. The summed E-state index contributed by atoms with van der Waals surface area (Å²) in [4.78, 5) is 2.85. The molecule has 2 aliphatic rings. The molecule has 0 amide bonds. The molecule has 0 bridgehead atoms. The monoisotopic (exact) mass is 252 g/mol. The van der Waals surface area contributed by atoms with Crippen molar-refractivity contribution in [1.29, 1.82) is 0 Å². The molecule has 1 saturated carbocycles. The minimum Gasteiger partial charge on any atom is -0.315 e. The van der Waals surface area contributed by atoms with Crippen LogP contribution in [0.5, 0.6) is 0 Å². The molecule has 4 unspecified atom stereocenters. The number of nitrogens with one attached hydrogen (secondary N) is 1. The number of nitrogens with zero attached hydrogens (tertiary/aromatic N) is 1. The summed E-state index contributed by atoms with van der Waals surface area (Å²) >= 11 is 0. The van der Waals surface area contributed by atoms with E-state index in [2.05, 4.69) is 31.1 Å². The van der Waals surface area contributed by atoms with Gasteiger partial charge in [0.05, 0.1) is 0 Å². The molecule has 4 atom stereocenters. The molecule has 0 radical (unpaired) electrons. The Morgan fingerprint density at radius 3 is 2.67 bits per heavy atom. The Balaban J connectivity index is 2.01. The molecule has 2 heteroatoms. The van der Waals surface area contributed by atoms with Gasteiger partial charge in [-0.2, -0.15) is 0 Å². The van der Waals surface area contributed by atoms with Crippen LogP contribution in [-0.4, -0.2) is 36.6 Å². The summed E-state index contributed by atoms with van der Waals surface area (Å²) in [6, 6.07) is 2.42. The molecule has 1 aliphatic carbocycles. The molecule has 0 spiro atoms. The first-order valence-corrected chi connectivity index (χ1v) is 8.23. The second kappa shape index (κ2) is 6.91. The number of likely N-dealkylation sites (tertiary alicyclic amines) is 1. The second-order valence-corrected chi connectivity index (χ2v) is 6.37. The van der Waals surface area contributed by atoms with Crippen molar-refractivity contribution in [3.63, 3.8) is 0 Å². The number of hydrogen-bond donors (Lipinski definition) is 1. The lowest BCUT2D eigenvalue weighted by Crippen LogP contribution is -2.53. The maximum absolute atomic E-state index is 3.60. The van der Waals surface area contributed by atoms with E-state index in [9.17, 15) is 0 Å². The van der Waals surface area contributed by atoms with E-state index in [0.717, 1.165) is 24.0 Å². The minimum absolute atomic E-state index is 0.741. The van der Waals surface area contributed by atoms with E-state index in [4.69, 9.17) is 0 Å². The van der Waals surface area contributed by atoms with Gasteiger partial charge < -0.3 is 5.32 Å². The maximum atomic E-state index is 3.60. The summed E-state index contributed by atoms with van der Waals surface area (Å²) in [5.41, 5.74) is 0. The third kappa shape index (κ3) is 3.08. The summed E-state index contributed by atoms with van der Waals surface area (Å²) in [7, 11) is 2.16. The Labute approximate surface area is 114 Å². The lowest BCUT2D eigenvalue weighted by Gasteiger charge is -2.43. The molecule has 0 aromatic carbocycles. The zero-order valence-electron chi connectivity index (χ0n) is 12.6. The van der Waals surface area contributed by atoms with Crippen molar-refractivity contribution in [2.45, 2.75) is 83.3 Å². The molecule has 2 nitrogen and oxygen atoms in total. The standard InChI is InChI=1S/C16H32N2/c1-4-7-13-9-10-15(17-3)16(12-13)18-11-6-8-14(18)5-2/h13-17H,4-12H2,1-3H3. The van der Waals surface area contributed by atoms with Crippen LogP contribution in [0.2, 0.25) is 0 Å². The average molecular weight is 252 g/mol. The van der Waals surface area contributed by atoms with Gasteiger partial charge >= 0.3 is 0 Å². The van der Waals surface area contributed by atoms with Gasteiger partial charge in [-0.05, 0) is 58.0 Å². The van der Waals surface area contributed by atoms with Crippen LogP contribution in [0.4, 0.5) is 0 Å². The Kier molecular flexibility index (Phi) is 5.50. The van der Waals surface area contributed by atoms with Gasteiger partial charge in [0, 0.05) is 18.1 Å². The van der Waals surface area contributed by atoms with Gasteiger partial charge in [-0.15, -0.1) is 0 Å². The molecule has 1 heterocycles. The fourth-order valence-electron chi connectivity index (χ4n) is 4.34. The number of rotatable bonds is 5.